The van der Waals surface area contributed by atoms with E-state index in [1.807, 2.05) is 18.2 Å². The van der Waals surface area contributed by atoms with Crippen LogP contribution in [0.3, 0.4) is 0 Å². The smallest absolute Gasteiger partial charge is 0.234 e. The Balaban J connectivity index is 2.11. The van der Waals surface area contributed by atoms with Crippen LogP contribution in [-0.4, -0.2) is 37.0 Å². The van der Waals surface area contributed by atoms with Crippen LogP contribution in [-0.2, 0) is 4.79 Å². The molecule has 22 heavy (non-hydrogen) atoms. The van der Waals surface area contributed by atoms with Crippen LogP contribution in [0.1, 0.15) is 25.5 Å². The lowest BCUT2D eigenvalue weighted by Gasteiger charge is -2.21. The predicted octanol–water partition coefficient (Wildman–Crippen LogP) is 2.30. The summed E-state index contributed by atoms with van der Waals surface area (Å²) in [6.45, 7) is 6.65. The van der Waals surface area contributed by atoms with Crippen LogP contribution >= 0.6 is 0 Å². The first-order chi connectivity index (χ1) is 10.7. The summed E-state index contributed by atoms with van der Waals surface area (Å²) in [6, 6.07) is 14.3. The van der Waals surface area contributed by atoms with Gasteiger partial charge in [-0.25, -0.2) is 0 Å². The summed E-state index contributed by atoms with van der Waals surface area (Å²) in [7, 11) is 0. The van der Waals surface area contributed by atoms with Gasteiger partial charge in [0, 0.05) is 6.54 Å². The molecule has 0 aliphatic heterocycles. The maximum Gasteiger partial charge on any atom is 0.234 e. The quantitative estimate of drug-likeness (QED) is 0.825. The van der Waals surface area contributed by atoms with Crippen LogP contribution in [0.25, 0.3) is 10.8 Å². The van der Waals surface area contributed by atoms with Crippen molar-refractivity contribution in [1.82, 2.24) is 10.2 Å². The van der Waals surface area contributed by atoms with Crippen LogP contribution in [0, 0.1) is 0 Å². The predicted molar refractivity (Wildman–Crippen MR) is 91.7 cm³/mol. The fraction of sp³-hybridized carbons (Fsp3) is 0.389. The molecular weight excluding hydrogens is 274 g/mol. The summed E-state index contributed by atoms with van der Waals surface area (Å²) in [5.74, 6) is 0.0207. The van der Waals surface area contributed by atoms with Crippen LogP contribution < -0.4 is 11.1 Å². The summed E-state index contributed by atoms with van der Waals surface area (Å²) in [6.07, 6.45) is 0. The number of nitrogens with one attached hydrogen (secondary N) is 1. The van der Waals surface area contributed by atoms with Gasteiger partial charge in [0.2, 0.25) is 5.91 Å². The van der Waals surface area contributed by atoms with Gasteiger partial charge in [0.1, 0.15) is 0 Å². The number of amides is 1. The van der Waals surface area contributed by atoms with E-state index in [4.69, 9.17) is 5.73 Å². The second-order valence-corrected chi connectivity index (χ2v) is 5.42. The summed E-state index contributed by atoms with van der Waals surface area (Å²) in [4.78, 5) is 14.3. The van der Waals surface area contributed by atoms with E-state index >= 15 is 0 Å². The van der Waals surface area contributed by atoms with Crippen molar-refractivity contribution in [3.63, 3.8) is 0 Å². The average molecular weight is 299 g/mol. The minimum absolute atomic E-state index is 0.0207. The van der Waals surface area contributed by atoms with E-state index in [1.54, 1.807) is 0 Å². The van der Waals surface area contributed by atoms with Crippen molar-refractivity contribution in [1.29, 1.82) is 0 Å². The Labute approximate surface area is 132 Å². The van der Waals surface area contributed by atoms with Gasteiger partial charge >= 0.3 is 0 Å². The molecule has 0 aliphatic rings. The number of hydrogen-bond donors (Lipinski definition) is 2. The Hall–Kier alpha value is -1.91. The highest BCUT2D eigenvalue weighted by atomic mass is 16.2. The first kappa shape index (κ1) is 16.5. The molecule has 2 aromatic rings. The molecule has 1 unspecified atom stereocenters. The van der Waals surface area contributed by atoms with Gasteiger partial charge in [-0.1, -0.05) is 50.2 Å². The van der Waals surface area contributed by atoms with E-state index in [2.05, 4.69) is 48.3 Å². The van der Waals surface area contributed by atoms with Crippen molar-refractivity contribution in [3.8, 4) is 0 Å². The summed E-state index contributed by atoms with van der Waals surface area (Å²) < 4.78 is 0. The lowest BCUT2D eigenvalue weighted by atomic mass is 10.0. The fourth-order valence-corrected chi connectivity index (χ4v) is 2.59. The molecule has 0 aliphatic carbocycles. The molecular formula is C18H25N3O. The average Bonchev–Trinajstić information content (AvgIpc) is 2.57. The zero-order valence-corrected chi connectivity index (χ0v) is 13.4. The Morgan fingerprint density at radius 2 is 1.82 bits per heavy atom. The molecule has 1 atom stereocenters. The van der Waals surface area contributed by atoms with Gasteiger partial charge in [-0.15, -0.1) is 0 Å². The number of carbonyl (C=O) groups excluding carboxylic acids is 1. The minimum Gasteiger partial charge on any atom is -0.347 e. The van der Waals surface area contributed by atoms with Crippen molar-refractivity contribution in [2.45, 2.75) is 19.9 Å². The fourth-order valence-electron chi connectivity index (χ4n) is 2.59. The van der Waals surface area contributed by atoms with Crippen LogP contribution in [0.2, 0.25) is 0 Å². The normalized spacial score (nSPS) is 12.5. The molecule has 0 radical (unpaired) electrons. The van der Waals surface area contributed by atoms with E-state index in [0.717, 1.165) is 24.0 Å². The number of likely N-dealkylation sites (N-methyl/N-ethyl adjacent to an activating group) is 1. The summed E-state index contributed by atoms with van der Waals surface area (Å²) in [5, 5.41) is 5.40. The molecule has 0 aromatic heterocycles. The maximum atomic E-state index is 12.2. The van der Waals surface area contributed by atoms with Crippen LogP contribution in [0.5, 0.6) is 0 Å². The van der Waals surface area contributed by atoms with Crippen LogP contribution in [0.4, 0.5) is 0 Å². The Kier molecular flexibility index (Phi) is 5.92. The molecule has 4 heteroatoms. The van der Waals surface area contributed by atoms with Gasteiger partial charge in [-0.05, 0) is 35.5 Å². The highest BCUT2D eigenvalue weighted by molar-refractivity contribution is 5.83. The first-order valence-electron chi connectivity index (χ1n) is 7.88. The highest BCUT2D eigenvalue weighted by Crippen LogP contribution is 2.20. The van der Waals surface area contributed by atoms with Gasteiger partial charge < -0.3 is 11.1 Å². The molecule has 3 N–H and O–H groups in total. The van der Waals surface area contributed by atoms with Crippen molar-refractivity contribution in [3.05, 3.63) is 48.0 Å². The molecule has 0 bridgehead atoms. The molecule has 2 aromatic carbocycles. The molecule has 0 saturated heterocycles. The zero-order chi connectivity index (χ0) is 15.9. The number of nitrogens with two attached hydrogens (primary N) is 1. The molecule has 4 nitrogen and oxygen atoms in total. The standard InChI is InChI=1S/C18H25N3O/c1-3-21(4-2)13-18(22)20-17(12-19)16-10-9-14-7-5-6-8-15(14)11-16/h5-11,17H,3-4,12-13,19H2,1-2H3,(H,20,22). The van der Waals surface area contributed by atoms with Gasteiger partial charge in [-0.3, -0.25) is 9.69 Å². The Morgan fingerprint density at radius 1 is 1.14 bits per heavy atom. The van der Waals surface area contributed by atoms with Crippen molar-refractivity contribution in [2.75, 3.05) is 26.2 Å². The van der Waals surface area contributed by atoms with E-state index in [-0.39, 0.29) is 11.9 Å². The maximum absolute atomic E-state index is 12.2. The number of carbonyl (C=O) groups is 1. The second kappa shape index (κ2) is 7.92. The lowest BCUT2D eigenvalue weighted by Crippen LogP contribution is -2.40. The Morgan fingerprint density at radius 3 is 2.45 bits per heavy atom. The topological polar surface area (TPSA) is 58.4 Å². The van der Waals surface area contributed by atoms with Gasteiger partial charge in [0.25, 0.3) is 0 Å². The number of benzene rings is 2. The number of fused-ring (bicyclic) bond motifs is 1. The summed E-state index contributed by atoms with van der Waals surface area (Å²) in [5.41, 5.74) is 6.91. The zero-order valence-electron chi connectivity index (χ0n) is 13.4. The molecule has 118 valence electrons. The third-order valence-corrected chi connectivity index (χ3v) is 4.01. The third kappa shape index (κ3) is 4.06. The third-order valence-electron chi connectivity index (χ3n) is 4.01. The van der Waals surface area contributed by atoms with E-state index in [9.17, 15) is 4.79 Å². The molecule has 0 heterocycles. The Bertz CT molecular complexity index is 623. The van der Waals surface area contributed by atoms with E-state index in [1.165, 1.54) is 5.39 Å². The summed E-state index contributed by atoms with van der Waals surface area (Å²) >= 11 is 0. The van der Waals surface area contributed by atoms with Crippen molar-refractivity contribution < 1.29 is 4.79 Å². The van der Waals surface area contributed by atoms with Gasteiger partial charge in [-0.2, -0.15) is 0 Å². The van der Waals surface area contributed by atoms with Crippen molar-refractivity contribution in [2.24, 2.45) is 5.73 Å². The lowest BCUT2D eigenvalue weighted by molar-refractivity contribution is -0.122. The second-order valence-electron chi connectivity index (χ2n) is 5.42. The van der Waals surface area contributed by atoms with E-state index < -0.39 is 0 Å². The largest absolute Gasteiger partial charge is 0.347 e. The van der Waals surface area contributed by atoms with Crippen molar-refractivity contribution >= 4 is 16.7 Å². The monoisotopic (exact) mass is 299 g/mol. The SMILES string of the molecule is CCN(CC)CC(=O)NC(CN)c1ccc2ccccc2c1. The number of nitrogens with zero attached hydrogens (tertiary/aromatic N) is 1. The highest BCUT2D eigenvalue weighted by Gasteiger charge is 2.15. The molecule has 2 rings (SSSR count). The minimum atomic E-state index is -0.146. The van der Waals surface area contributed by atoms with E-state index in [0.29, 0.717) is 13.1 Å². The molecule has 0 saturated carbocycles. The molecule has 0 fully saturated rings. The first-order valence-corrected chi connectivity index (χ1v) is 7.88. The number of rotatable bonds is 7. The number of hydrogen-bond acceptors (Lipinski definition) is 3. The van der Waals surface area contributed by atoms with Crippen LogP contribution in [0.15, 0.2) is 42.5 Å². The molecule has 0 spiro atoms. The van der Waals surface area contributed by atoms with Gasteiger partial charge in [0.05, 0.1) is 12.6 Å². The molecule has 1 amide bonds. The van der Waals surface area contributed by atoms with Gasteiger partial charge in [0.15, 0.2) is 0 Å².